The Morgan fingerprint density at radius 2 is 2.30 bits per heavy atom. The number of aromatic nitrogens is 1. The molecule has 2 heterocycles. The Bertz CT molecular complexity index is 437. The average molecular weight is 281 g/mol. The van der Waals surface area contributed by atoms with Gasteiger partial charge in [0.1, 0.15) is 5.76 Å². The number of carbonyl (C=O) groups excluding carboxylic acids is 1. The molecule has 1 fully saturated rings. The highest BCUT2D eigenvalue weighted by atomic mass is 16.5. The van der Waals surface area contributed by atoms with Crippen molar-refractivity contribution in [3.05, 3.63) is 17.5 Å². The van der Waals surface area contributed by atoms with Crippen LogP contribution in [0.5, 0.6) is 0 Å². The number of nitrogens with zero attached hydrogens (tertiary/aromatic N) is 2. The van der Waals surface area contributed by atoms with Crippen molar-refractivity contribution in [2.45, 2.75) is 39.3 Å². The number of amides is 1. The van der Waals surface area contributed by atoms with Crippen molar-refractivity contribution in [1.29, 1.82) is 0 Å². The van der Waals surface area contributed by atoms with Crippen LogP contribution in [0, 0.1) is 12.8 Å². The van der Waals surface area contributed by atoms with Gasteiger partial charge in [-0.25, -0.2) is 0 Å². The van der Waals surface area contributed by atoms with E-state index >= 15 is 0 Å². The number of aliphatic hydroxyl groups is 1. The molecule has 0 bridgehead atoms. The molecule has 1 atom stereocenters. The molecule has 0 saturated carbocycles. The second-order valence-electron chi connectivity index (χ2n) is 5.57. The number of aryl methyl sites for hydroxylation is 1. The molecule has 1 aliphatic rings. The van der Waals surface area contributed by atoms with Gasteiger partial charge in [-0.15, -0.1) is 0 Å². The Morgan fingerprint density at radius 3 is 2.85 bits per heavy atom. The predicted molar refractivity (Wildman–Crippen MR) is 73.9 cm³/mol. The van der Waals surface area contributed by atoms with Crippen molar-refractivity contribution in [3.63, 3.8) is 0 Å². The van der Waals surface area contributed by atoms with Crippen LogP contribution in [0.4, 0.5) is 0 Å². The highest BCUT2D eigenvalue weighted by molar-refractivity contribution is 5.78. The van der Waals surface area contributed by atoms with Gasteiger partial charge in [0.2, 0.25) is 5.91 Å². The molecule has 1 aromatic rings. The van der Waals surface area contributed by atoms with Crippen molar-refractivity contribution >= 4 is 5.91 Å². The van der Waals surface area contributed by atoms with Gasteiger partial charge in [0.15, 0.2) is 0 Å². The monoisotopic (exact) mass is 281 g/mol. The summed E-state index contributed by atoms with van der Waals surface area (Å²) in [7, 11) is 0. The minimum absolute atomic E-state index is 0.0582. The summed E-state index contributed by atoms with van der Waals surface area (Å²) in [6.07, 6.45) is 1.21. The lowest BCUT2D eigenvalue weighted by atomic mass is 9.95. The van der Waals surface area contributed by atoms with E-state index in [-0.39, 0.29) is 11.8 Å². The molecule has 1 unspecified atom stereocenters. The third kappa shape index (κ3) is 4.31. The van der Waals surface area contributed by atoms with E-state index in [1.54, 1.807) is 6.92 Å². The smallest absolute Gasteiger partial charge is 0.223 e. The number of likely N-dealkylation sites (tertiary alicyclic amines) is 1. The number of nitrogens with one attached hydrogen (secondary N) is 1. The molecule has 1 aromatic heterocycles. The van der Waals surface area contributed by atoms with Gasteiger partial charge in [0.05, 0.1) is 11.8 Å². The van der Waals surface area contributed by atoms with Gasteiger partial charge < -0.3 is 14.9 Å². The average Bonchev–Trinajstić information content (AvgIpc) is 2.82. The van der Waals surface area contributed by atoms with Gasteiger partial charge in [0, 0.05) is 25.1 Å². The van der Waals surface area contributed by atoms with Gasteiger partial charge in [-0.2, -0.15) is 0 Å². The minimum Gasteiger partial charge on any atom is -0.392 e. The maximum absolute atomic E-state index is 11.9. The fourth-order valence-corrected chi connectivity index (χ4v) is 2.47. The van der Waals surface area contributed by atoms with Crippen LogP contribution in [-0.4, -0.2) is 46.8 Å². The number of rotatable bonds is 5. The molecule has 2 rings (SSSR count). The van der Waals surface area contributed by atoms with E-state index in [1.165, 1.54) is 0 Å². The zero-order valence-electron chi connectivity index (χ0n) is 12.1. The Kier molecular flexibility index (Phi) is 5.14. The Balaban J connectivity index is 1.73. The fraction of sp³-hybridized carbons (Fsp3) is 0.714. The summed E-state index contributed by atoms with van der Waals surface area (Å²) in [5.41, 5.74) is 0.944. The predicted octanol–water partition coefficient (Wildman–Crippen LogP) is 0.692. The Hall–Kier alpha value is -1.40. The molecule has 0 aromatic carbocycles. The molecular formula is C14H23N3O3. The summed E-state index contributed by atoms with van der Waals surface area (Å²) in [5.74, 6) is 0.944. The lowest BCUT2D eigenvalue weighted by Crippen LogP contribution is -2.41. The molecule has 6 heteroatoms. The quantitative estimate of drug-likeness (QED) is 0.830. The first-order valence-electron chi connectivity index (χ1n) is 7.15. The third-order valence-corrected chi connectivity index (χ3v) is 3.59. The molecule has 1 saturated heterocycles. The highest BCUT2D eigenvalue weighted by Gasteiger charge is 2.25. The summed E-state index contributed by atoms with van der Waals surface area (Å²) < 4.78 is 5.06. The lowest BCUT2D eigenvalue weighted by molar-refractivity contribution is -0.126. The number of hydrogen-bond donors (Lipinski definition) is 2. The summed E-state index contributed by atoms with van der Waals surface area (Å²) in [5, 5.41) is 15.9. The second-order valence-corrected chi connectivity index (χ2v) is 5.57. The number of carbonyl (C=O) groups is 1. The van der Waals surface area contributed by atoms with Crippen LogP contribution in [0.3, 0.4) is 0 Å². The van der Waals surface area contributed by atoms with Gasteiger partial charge in [-0.05, 0) is 39.8 Å². The van der Waals surface area contributed by atoms with E-state index in [1.807, 2.05) is 13.0 Å². The summed E-state index contributed by atoms with van der Waals surface area (Å²) in [6, 6.07) is 1.95. The summed E-state index contributed by atoms with van der Waals surface area (Å²) >= 11 is 0. The first-order valence-corrected chi connectivity index (χ1v) is 7.15. The fourth-order valence-electron chi connectivity index (χ4n) is 2.47. The summed E-state index contributed by atoms with van der Waals surface area (Å²) in [4.78, 5) is 14.2. The van der Waals surface area contributed by atoms with E-state index in [0.29, 0.717) is 6.54 Å². The maximum Gasteiger partial charge on any atom is 0.223 e. The lowest BCUT2D eigenvalue weighted by Gasteiger charge is -2.30. The summed E-state index contributed by atoms with van der Waals surface area (Å²) in [6.45, 7) is 6.44. The molecule has 1 aliphatic heterocycles. The van der Waals surface area contributed by atoms with E-state index in [4.69, 9.17) is 9.63 Å². The third-order valence-electron chi connectivity index (χ3n) is 3.59. The molecule has 20 heavy (non-hydrogen) atoms. The highest BCUT2D eigenvalue weighted by Crippen LogP contribution is 2.19. The van der Waals surface area contributed by atoms with Crippen LogP contribution in [0.25, 0.3) is 0 Å². The van der Waals surface area contributed by atoms with Crippen molar-refractivity contribution in [2.24, 2.45) is 5.92 Å². The molecule has 2 N–H and O–H groups in total. The van der Waals surface area contributed by atoms with Crippen LogP contribution < -0.4 is 5.32 Å². The van der Waals surface area contributed by atoms with E-state index in [2.05, 4.69) is 15.4 Å². The van der Waals surface area contributed by atoms with Gasteiger partial charge in [0.25, 0.3) is 0 Å². The van der Waals surface area contributed by atoms with Crippen molar-refractivity contribution in [3.8, 4) is 0 Å². The van der Waals surface area contributed by atoms with Crippen molar-refractivity contribution < 1.29 is 14.4 Å². The first kappa shape index (κ1) is 15.0. The number of aliphatic hydroxyl groups excluding tert-OH is 1. The molecular weight excluding hydrogens is 258 g/mol. The molecule has 0 aliphatic carbocycles. The first-order chi connectivity index (χ1) is 9.54. The Labute approximate surface area is 119 Å². The molecule has 1 amide bonds. The van der Waals surface area contributed by atoms with Gasteiger partial charge in [-0.1, -0.05) is 5.16 Å². The normalized spacial score (nSPS) is 18.9. The maximum atomic E-state index is 11.9. The zero-order chi connectivity index (χ0) is 14.5. The van der Waals surface area contributed by atoms with Crippen LogP contribution >= 0.6 is 0 Å². The largest absolute Gasteiger partial charge is 0.392 e. The van der Waals surface area contributed by atoms with E-state index in [9.17, 15) is 4.79 Å². The SMILES string of the molecule is Cc1cc(CN2CCC(C(=O)NCC(C)O)CC2)no1. The van der Waals surface area contributed by atoms with Gasteiger partial charge in [-0.3, -0.25) is 9.69 Å². The molecule has 6 nitrogen and oxygen atoms in total. The van der Waals surface area contributed by atoms with Crippen LogP contribution in [-0.2, 0) is 11.3 Å². The van der Waals surface area contributed by atoms with E-state index in [0.717, 1.165) is 43.9 Å². The van der Waals surface area contributed by atoms with Gasteiger partial charge >= 0.3 is 0 Å². The molecule has 0 spiro atoms. The molecule has 112 valence electrons. The molecule has 0 radical (unpaired) electrons. The van der Waals surface area contributed by atoms with Crippen LogP contribution in [0.2, 0.25) is 0 Å². The van der Waals surface area contributed by atoms with Crippen LogP contribution in [0.15, 0.2) is 10.6 Å². The Morgan fingerprint density at radius 1 is 1.60 bits per heavy atom. The standard InChI is InChI=1S/C14H23N3O3/c1-10(18)8-15-14(19)12-3-5-17(6-4-12)9-13-7-11(2)20-16-13/h7,10,12,18H,3-6,8-9H2,1-2H3,(H,15,19). The zero-order valence-corrected chi connectivity index (χ0v) is 12.1. The van der Waals surface area contributed by atoms with Crippen molar-refractivity contribution in [1.82, 2.24) is 15.4 Å². The topological polar surface area (TPSA) is 78.6 Å². The van der Waals surface area contributed by atoms with Crippen LogP contribution in [0.1, 0.15) is 31.2 Å². The number of piperidine rings is 1. The van der Waals surface area contributed by atoms with Crippen molar-refractivity contribution in [2.75, 3.05) is 19.6 Å². The minimum atomic E-state index is -0.491. The van der Waals surface area contributed by atoms with E-state index < -0.39 is 6.10 Å². The second kappa shape index (κ2) is 6.85. The number of hydrogen-bond acceptors (Lipinski definition) is 5.